The Morgan fingerprint density at radius 1 is 0.674 bits per heavy atom. The van der Waals surface area contributed by atoms with Crippen molar-refractivity contribution in [3.05, 3.63) is 54.1 Å². The fourth-order valence-corrected chi connectivity index (χ4v) is 12.6. The highest BCUT2D eigenvalue weighted by atomic mass is 31.2. The number of hydrogen-bond acceptors (Lipinski definition) is 27. The van der Waals surface area contributed by atoms with Crippen molar-refractivity contribution in [2.45, 2.75) is 187 Å². The van der Waals surface area contributed by atoms with Crippen LogP contribution in [0, 0.1) is 19.8 Å². The minimum atomic E-state index is -4.81. The van der Waals surface area contributed by atoms with Gasteiger partial charge in [-0.2, -0.15) is 5.09 Å². The summed E-state index contributed by atoms with van der Waals surface area (Å²) >= 11 is 0. The van der Waals surface area contributed by atoms with Crippen LogP contribution in [0.15, 0.2) is 36.9 Å². The molecule has 4 aromatic heterocycles. The Balaban J connectivity index is 0.000000301. The van der Waals surface area contributed by atoms with Gasteiger partial charge in [0.15, 0.2) is 75.7 Å². The number of rotatable bonds is 30. The molecule has 0 saturated carbocycles. The number of ketones is 1. The Kier molecular flexibility index (Phi) is 25.5. The van der Waals surface area contributed by atoms with E-state index in [1.165, 1.54) is 31.7 Å². The lowest BCUT2D eigenvalue weighted by atomic mass is 9.97. The molecule has 5 N–H and O–H groups in total. The van der Waals surface area contributed by atoms with E-state index in [2.05, 4.69) is 40.1 Å². The number of alkyl halides is 4. The first-order valence-electron chi connectivity index (χ1n) is 30.2. The maximum Gasteiger partial charge on any atom is 0.510 e. The summed E-state index contributed by atoms with van der Waals surface area (Å²) in [5.41, 5.74) is -4.45. The Hall–Kier alpha value is -6.62. The van der Waals surface area contributed by atoms with E-state index in [0.29, 0.717) is 28.8 Å². The molecule has 2 unspecified atom stereocenters. The van der Waals surface area contributed by atoms with Crippen LogP contribution in [0.1, 0.15) is 119 Å². The van der Waals surface area contributed by atoms with Gasteiger partial charge in [-0.1, -0.05) is 32.0 Å². The number of carbonyl (C=O) groups excluding carboxylic acids is 4. The highest BCUT2D eigenvalue weighted by molar-refractivity contribution is 7.52. The van der Waals surface area contributed by atoms with E-state index >= 15 is 17.6 Å². The molecule has 530 valence electrons. The standard InChI is InChI=1S/C30H41F2N6O9P.C28H45F2N6O10P/c1-17(2)45-26(41)18(3)36-48(43,47-22-11-9-8-10-20(22)12-13-21(40)14-39)44-15-30(32)27(42)29(5,31)28(46-30)38-16-33-23-24(37(6)7)34-19(4)35-25(23)38;1-15(2)11-19(23(37)44-16(3)4)34-47(40,43-14-41-26(39)45-17(5)6)42-12-28(30)24(38)27(8,29)25(46-28)36-13-31-20-21(35(9)10)32-18(7)33-22(20)36/h8-11,16-18,27-28,39,42H,12-15H2,1-7H3,(H,36,43);13,15-17,19,24-25,38H,11-12,14H2,1-10H3,(H,34,40)/t18-,27-,28+,29+,30+,48?;19-,24-,25+,27+,28+,47?/m00/s1. The van der Waals surface area contributed by atoms with Gasteiger partial charge in [-0.25, -0.2) is 66.5 Å². The first-order valence-corrected chi connectivity index (χ1v) is 33.3. The number of aliphatic hydroxyl groups is 3. The third-order valence-corrected chi connectivity index (χ3v) is 17.4. The lowest BCUT2D eigenvalue weighted by molar-refractivity contribution is -0.203. The van der Waals surface area contributed by atoms with Crippen LogP contribution in [0.25, 0.3) is 22.3 Å². The molecule has 0 spiro atoms. The first kappa shape index (κ1) is 77.4. The molecule has 1 aromatic carbocycles. The maximum absolute atomic E-state index is 16.5. The van der Waals surface area contributed by atoms with E-state index < -0.39 is 144 Å². The number of para-hydroxylation sites is 1. The summed E-state index contributed by atoms with van der Waals surface area (Å²) in [4.78, 5) is 78.3. The van der Waals surface area contributed by atoms with Crippen LogP contribution in [-0.4, -0.2) is 199 Å². The number of imidazole rings is 2. The Morgan fingerprint density at radius 2 is 1.14 bits per heavy atom. The third kappa shape index (κ3) is 18.9. The maximum atomic E-state index is 16.5. The summed E-state index contributed by atoms with van der Waals surface area (Å²) in [5, 5.41) is 35.8. The van der Waals surface area contributed by atoms with Crippen LogP contribution in [-0.2, 0) is 71.9 Å². The molecule has 2 saturated heterocycles. The quantitative estimate of drug-likeness (QED) is 0.00996. The van der Waals surface area contributed by atoms with Crippen LogP contribution < -0.4 is 24.5 Å². The first-order chi connectivity index (χ1) is 44.1. The molecular formula is C58H86F4N12O19P2. The molecule has 0 radical (unpaired) electrons. The van der Waals surface area contributed by atoms with Crippen molar-refractivity contribution < 1.29 is 108 Å². The van der Waals surface area contributed by atoms with E-state index in [1.807, 2.05) is 0 Å². The summed E-state index contributed by atoms with van der Waals surface area (Å²) in [6, 6.07) is 3.54. The smallest absolute Gasteiger partial charge is 0.462 e. The van der Waals surface area contributed by atoms with Gasteiger partial charge in [0.05, 0.1) is 31.0 Å². The molecule has 0 aliphatic carbocycles. The molecule has 0 bridgehead atoms. The van der Waals surface area contributed by atoms with Crippen molar-refractivity contribution >= 4 is 73.3 Å². The van der Waals surface area contributed by atoms with E-state index in [0.717, 1.165) is 23.0 Å². The summed E-state index contributed by atoms with van der Waals surface area (Å²) in [7, 11) is -2.68. The second-order valence-electron chi connectivity index (χ2n) is 24.6. The number of Topliss-reactive ketones (excluding diaryl/α,β-unsaturated/α-hetero) is 1. The average molecular weight is 1390 g/mol. The van der Waals surface area contributed by atoms with E-state index in [1.54, 1.807) is 119 Å². The highest BCUT2D eigenvalue weighted by Gasteiger charge is 2.67. The Bertz CT molecular complexity index is 3600. The zero-order chi connectivity index (χ0) is 71.1. The molecule has 2 aliphatic heterocycles. The number of halogens is 4. The monoisotopic (exact) mass is 1390 g/mol. The molecule has 2 aliphatic rings. The Labute approximate surface area is 546 Å². The number of esters is 2. The van der Waals surface area contributed by atoms with Crippen LogP contribution in [0.4, 0.5) is 34.0 Å². The third-order valence-electron chi connectivity index (χ3n) is 14.2. The summed E-state index contributed by atoms with van der Waals surface area (Å²) in [6.45, 7) is 15.1. The largest absolute Gasteiger partial charge is 0.510 e. The molecule has 5 aromatic rings. The van der Waals surface area contributed by atoms with Gasteiger partial charge in [-0.05, 0) is 107 Å². The zero-order valence-electron chi connectivity index (χ0n) is 55.9. The van der Waals surface area contributed by atoms with Gasteiger partial charge in [0, 0.05) is 34.6 Å². The van der Waals surface area contributed by atoms with Gasteiger partial charge in [0.1, 0.15) is 49.3 Å². The summed E-state index contributed by atoms with van der Waals surface area (Å²) in [5.74, 6) is -7.43. The lowest BCUT2D eigenvalue weighted by Crippen LogP contribution is -2.47. The molecule has 2 fully saturated rings. The van der Waals surface area contributed by atoms with Crippen LogP contribution in [0.3, 0.4) is 0 Å². The van der Waals surface area contributed by atoms with Gasteiger partial charge < -0.3 is 58.1 Å². The minimum Gasteiger partial charge on any atom is -0.462 e. The predicted octanol–water partition coefficient (Wildman–Crippen LogP) is 7.21. The fraction of sp³-hybridized carbons (Fsp3) is 0.655. The van der Waals surface area contributed by atoms with E-state index in [-0.39, 0.29) is 53.3 Å². The number of aliphatic hydroxyl groups excluding tert-OH is 3. The van der Waals surface area contributed by atoms with Crippen molar-refractivity contribution in [1.29, 1.82) is 0 Å². The number of nitrogens with zero attached hydrogens (tertiary/aromatic N) is 10. The zero-order valence-corrected chi connectivity index (χ0v) is 57.7. The number of carbonyl (C=O) groups is 4. The molecule has 31 nitrogen and oxygen atoms in total. The van der Waals surface area contributed by atoms with Crippen LogP contribution in [0.5, 0.6) is 5.75 Å². The van der Waals surface area contributed by atoms with Gasteiger partial charge in [0.2, 0.25) is 6.79 Å². The number of benzene rings is 1. The molecule has 37 heteroatoms. The normalized spacial score (nSPS) is 24.7. The fourth-order valence-electron chi connectivity index (χ4n) is 9.71. The van der Waals surface area contributed by atoms with Crippen molar-refractivity contribution in [1.82, 2.24) is 49.2 Å². The molecule has 7 rings (SSSR count). The summed E-state index contributed by atoms with van der Waals surface area (Å²) in [6.07, 6.45) is -8.92. The number of aryl methyl sites for hydroxylation is 3. The van der Waals surface area contributed by atoms with Crippen LogP contribution in [0.2, 0.25) is 0 Å². The Morgan fingerprint density at radius 3 is 1.59 bits per heavy atom. The molecule has 95 heavy (non-hydrogen) atoms. The predicted molar refractivity (Wildman–Crippen MR) is 332 cm³/mol. The van der Waals surface area contributed by atoms with Gasteiger partial charge in [-0.3, -0.25) is 37.1 Å². The number of hydrogen-bond donors (Lipinski definition) is 5. The molecular weight excluding hydrogens is 1310 g/mol. The van der Waals surface area contributed by atoms with Gasteiger partial charge >= 0.3 is 33.6 Å². The van der Waals surface area contributed by atoms with Crippen molar-refractivity contribution in [3.8, 4) is 5.75 Å². The number of nitrogens with one attached hydrogen (secondary N) is 2. The van der Waals surface area contributed by atoms with E-state index in [4.69, 9.17) is 51.6 Å². The number of anilines is 2. The second kappa shape index (κ2) is 31.3. The lowest BCUT2D eigenvalue weighted by Gasteiger charge is -2.29. The van der Waals surface area contributed by atoms with Crippen molar-refractivity contribution in [2.75, 3.05) is 64.6 Å². The van der Waals surface area contributed by atoms with Crippen LogP contribution >= 0.6 is 15.5 Å². The molecule has 6 heterocycles. The summed E-state index contributed by atoms with van der Waals surface area (Å²) < 4.78 is 149. The molecule has 0 amide bonds. The van der Waals surface area contributed by atoms with Crippen molar-refractivity contribution in [2.24, 2.45) is 5.92 Å². The SMILES string of the molecule is Cc1nc(N(C)C)c2ncn([C@@H]3O[C@](F)(COP(=O)(N[C@@H](C)C(=O)OC(C)C)Oc4ccccc4CCC(=O)CO)[C@@H](O)[C@@]3(C)F)c2n1.Cc1nc(N(C)C)c2ncn([C@@H]3O[C@](F)(COP(=O)(N[C@@H](CC(C)C)C(=O)OC(C)C)OCOC(=O)OC(C)C)[C@@H](O)[C@@]3(C)F)c2n1. The topological polar surface area (TPSA) is 373 Å². The van der Waals surface area contributed by atoms with Gasteiger partial charge in [-0.15, -0.1) is 0 Å². The number of fused-ring (bicyclic) bond motifs is 2. The number of aromatic nitrogens is 8. The second-order valence-corrected chi connectivity index (χ2v) is 28.1. The van der Waals surface area contributed by atoms with Crippen molar-refractivity contribution in [3.63, 3.8) is 0 Å². The molecule has 12 atom stereocenters. The van der Waals surface area contributed by atoms with E-state index in [9.17, 15) is 38.5 Å². The average Bonchev–Trinajstić information content (AvgIpc) is 1.59. The van der Waals surface area contributed by atoms with Gasteiger partial charge in [0.25, 0.3) is 11.7 Å². The minimum absolute atomic E-state index is 0.0471. The number of ether oxygens (including phenoxy) is 6. The highest BCUT2D eigenvalue weighted by Crippen LogP contribution is 2.54.